The van der Waals surface area contributed by atoms with E-state index < -0.39 is 42.5 Å². The predicted molar refractivity (Wildman–Crippen MR) is 122 cm³/mol. The van der Waals surface area contributed by atoms with E-state index in [0.717, 1.165) is 18.9 Å². The molecule has 1 aliphatic rings. The number of anilines is 1. The topological polar surface area (TPSA) is 243 Å². The SMILES string of the molecule is NCC(O)CNS(=O)(=O)c1ccc(N2CCC[C@@H](NCCO)C2)c(-c2nn[nH]n2)c1S(N)(=O)=O. The van der Waals surface area contributed by atoms with E-state index in [-0.39, 0.29) is 30.6 Å². The number of nitrogens with zero attached hydrogens (tertiary/aromatic N) is 4. The molecular formula is C17H29N9O6S2. The normalized spacial score (nSPS) is 18.2. The van der Waals surface area contributed by atoms with Crippen molar-refractivity contribution >= 4 is 25.7 Å². The van der Waals surface area contributed by atoms with Crippen molar-refractivity contribution in [2.45, 2.75) is 34.8 Å². The van der Waals surface area contributed by atoms with E-state index in [1.807, 2.05) is 4.90 Å². The summed E-state index contributed by atoms with van der Waals surface area (Å²) >= 11 is 0. The molecule has 0 radical (unpaired) electrons. The van der Waals surface area contributed by atoms with Crippen LogP contribution in [-0.2, 0) is 20.0 Å². The van der Waals surface area contributed by atoms with Crippen molar-refractivity contribution < 1.29 is 27.0 Å². The molecule has 1 unspecified atom stereocenters. The summed E-state index contributed by atoms with van der Waals surface area (Å²) in [4.78, 5) is 0.572. The zero-order chi connectivity index (χ0) is 24.9. The number of tetrazole rings is 1. The first kappa shape index (κ1) is 26.4. The average molecular weight is 520 g/mol. The molecule has 2 aromatic rings. The molecule has 2 atom stereocenters. The van der Waals surface area contributed by atoms with Crippen molar-refractivity contribution in [3.8, 4) is 11.4 Å². The molecule has 0 aliphatic carbocycles. The van der Waals surface area contributed by atoms with Crippen LogP contribution < -0.4 is 25.8 Å². The van der Waals surface area contributed by atoms with Crippen LogP contribution >= 0.6 is 0 Å². The molecule has 0 saturated carbocycles. The quantitative estimate of drug-likeness (QED) is 0.154. The summed E-state index contributed by atoms with van der Waals surface area (Å²) in [5.41, 5.74) is 5.57. The van der Waals surface area contributed by atoms with E-state index in [2.05, 4.69) is 30.7 Å². The Labute approximate surface area is 197 Å². The van der Waals surface area contributed by atoms with Gasteiger partial charge in [-0.3, -0.25) is 0 Å². The third-order valence-electron chi connectivity index (χ3n) is 5.33. The number of aliphatic hydroxyl groups is 2. The average Bonchev–Trinajstić information content (AvgIpc) is 3.34. The van der Waals surface area contributed by atoms with Gasteiger partial charge in [0.05, 0.1) is 18.3 Å². The minimum atomic E-state index is -4.61. The molecule has 17 heteroatoms. The summed E-state index contributed by atoms with van der Waals surface area (Å²) in [5, 5.41) is 41.0. The molecule has 34 heavy (non-hydrogen) atoms. The van der Waals surface area contributed by atoms with Gasteiger partial charge in [-0.25, -0.2) is 26.7 Å². The molecule has 0 amide bonds. The highest BCUT2D eigenvalue weighted by Gasteiger charge is 2.34. The maximum absolute atomic E-state index is 13.0. The zero-order valence-electron chi connectivity index (χ0n) is 18.3. The number of piperidine rings is 1. The first-order chi connectivity index (χ1) is 16.1. The molecular weight excluding hydrogens is 490 g/mol. The largest absolute Gasteiger partial charge is 0.395 e. The van der Waals surface area contributed by atoms with Gasteiger partial charge in [0, 0.05) is 44.5 Å². The van der Waals surface area contributed by atoms with Crippen molar-refractivity contribution in [1.82, 2.24) is 30.7 Å². The Hall–Kier alpha value is -2.25. The number of hydrogen-bond donors (Lipinski definition) is 7. The smallest absolute Gasteiger partial charge is 0.242 e. The van der Waals surface area contributed by atoms with Crippen molar-refractivity contribution in [3.63, 3.8) is 0 Å². The molecule has 1 aromatic heterocycles. The van der Waals surface area contributed by atoms with E-state index in [4.69, 9.17) is 16.0 Å². The highest BCUT2D eigenvalue weighted by molar-refractivity contribution is 7.92. The second-order valence-electron chi connectivity index (χ2n) is 7.77. The van der Waals surface area contributed by atoms with Crippen LogP contribution in [0.15, 0.2) is 21.9 Å². The molecule has 2 heterocycles. The first-order valence-corrected chi connectivity index (χ1v) is 13.5. The lowest BCUT2D eigenvalue weighted by Gasteiger charge is -2.36. The minimum absolute atomic E-state index is 0.0137. The molecule has 1 fully saturated rings. The third-order valence-corrected chi connectivity index (χ3v) is 7.92. The van der Waals surface area contributed by atoms with E-state index in [1.165, 1.54) is 6.07 Å². The zero-order valence-corrected chi connectivity index (χ0v) is 19.9. The van der Waals surface area contributed by atoms with Crippen LogP contribution in [0.25, 0.3) is 11.4 Å². The van der Waals surface area contributed by atoms with E-state index in [0.29, 0.717) is 25.3 Å². The molecule has 3 rings (SSSR count). The number of aromatic amines is 1. The fourth-order valence-electron chi connectivity index (χ4n) is 3.79. The van der Waals surface area contributed by atoms with E-state index in [1.54, 1.807) is 0 Å². The molecule has 9 N–H and O–H groups in total. The van der Waals surface area contributed by atoms with Crippen LogP contribution in [0, 0.1) is 0 Å². The van der Waals surface area contributed by atoms with Crippen molar-refractivity contribution in [2.75, 3.05) is 44.2 Å². The van der Waals surface area contributed by atoms with Gasteiger partial charge in [-0.05, 0) is 30.2 Å². The molecule has 15 nitrogen and oxygen atoms in total. The number of nitrogens with two attached hydrogens (primary N) is 2. The molecule has 1 aromatic carbocycles. The highest BCUT2D eigenvalue weighted by atomic mass is 32.2. The highest BCUT2D eigenvalue weighted by Crippen LogP contribution is 2.39. The van der Waals surface area contributed by atoms with Crippen LogP contribution in [0.3, 0.4) is 0 Å². The number of nitrogens with one attached hydrogen (secondary N) is 3. The summed E-state index contributed by atoms with van der Waals surface area (Å²) < 4.78 is 53.6. The Balaban J connectivity index is 2.16. The number of benzene rings is 1. The lowest BCUT2D eigenvalue weighted by molar-refractivity contribution is 0.186. The summed E-state index contributed by atoms with van der Waals surface area (Å²) in [6.45, 7) is 0.764. The van der Waals surface area contributed by atoms with Crippen LogP contribution in [0.2, 0.25) is 0 Å². The summed E-state index contributed by atoms with van der Waals surface area (Å²) in [6.07, 6.45) is 0.439. The van der Waals surface area contributed by atoms with Crippen molar-refractivity contribution in [2.24, 2.45) is 10.9 Å². The molecule has 1 saturated heterocycles. The van der Waals surface area contributed by atoms with Gasteiger partial charge in [-0.15, -0.1) is 10.2 Å². The van der Waals surface area contributed by atoms with Crippen molar-refractivity contribution in [1.29, 1.82) is 0 Å². The van der Waals surface area contributed by atoms with Crippen molar-refractivity contribution in [3.05, 3.63) is 12.1 Å². The van der Waals surface area contributed by atoms with Gasteiger partial charge >= 0.3 is 0 Å². The number of H-pyrrole nitrogens is 1. The van der Waals surface area contributed by atoms with Gasteiger partial charge in [0.15, 0.2) is 0 Å². The number of aliphatic hydroxyl groups excluding tert-OH is 2. The first-order valence-electron chi connectivity index (χ1n) is 10.5. The maximum atomic E-state index is 13.0. The monoisotopic (exact) mass is 519 g/mol. The maximum Gasteiger partial charge on any atom is 0.242 e. The summed E-state index contributed by atoms with van der Waals surface area (Å²) in [6, 6.07) is 2.61. The Bertz CT molecular complexity index is 1170. The van der Waals surface area contributed by atoms with Gasteiger partial charge < -0.3 is 26.2 Å². The molecule has 190 valence electrons. The summed E-state index contributed by atoms with van der Waals surface area (Å²) in [5.74, 6) is -0.150. The predicted octanol–water partition coefficient (Wildman–Crippen LogP) is -3.34. The molecule has 0 bridgehead atoms. The Kier molecular flexibility index (Phi) is 8.52. The fraction of sp³-hybridized carbons (Fsp3) is 0.588. The van der Waals surface area contributed by atoms with Crippen LogP contribution in [0.4, 0.5) is 5.69 Å². The van der Waals surface area contributed by atoms with Gasteiger partial charge in [0.1, 0.15) is 9.79 Å². The lowest BCUT2D eigenvalue weighted by Crippen LogP contribution is -2.46. The van der Waals surface area contributed by atoms with Gasteiger partial charge in [-0.1, -0.05) is 0 Å². The number of primary sulfonamides is 1. The summed E-state index contributed by atoms with van der Waals surface area (Å²) in [7, 11) is -9.04. The second-order valence-corrected chi connectivity index (χ2v) is 11.0. The minimum Gasteiger partial charge on any atom is -0.395 e. The van der Waals surface area contributed by atoms with Gasteiger partial charge in [0.2, 0.25) is 25.9 Å². The standard InChI is InChI=1S/C17H29N9O6S2/c18-8-12(28)9-21-34(31,32)14-4-3-13(26-6-1-2-11(10-26)20-5-7-27)15(16(14)33(19,29)30)17-22-24-25-23-17/h3-4,11-12,20-21,27-28H,1-2,5-10,18H2,(H2,19,29,30)(H,22,23,24,25)/t11-,12?/m1/s1. The Morgan fingerprint density at radius 2 is 2.06 bits per heavy atom. The van der Waals surface area contributed by atoms with Crippen LogP contribution in [0.1, 0.15) is 12.8 Å². The van der Waals surface area contributed by atoms with E-state index in [9.17, 15) is 21.9 Å². The third kappa shape index (κ3) is 6.05. The molecule has 0 spiro atoms. The second kappa shape index (κ2) is 11.0. The van der Waals surface area contributed by atoms with E-state index >= 15 is 0 Å². The number of aromatic nitrogens is 4. The van der Waals surface area contributed by atoms with Gasteiger partial charge in [-0.2, -0.15) is 5.21 Å². The Morgan fingerprint density at radius 3 is 2.68 bits per heavy atom. The number of sulfonamides is 2. The fourth-order valence-corrected chi connectivity index (χ4v) is 6.46. The number of rotatable bonds is 11. The van der Waals surface area contributed by atoms with Crippen LogP contribution in [0.5, 0.6) is 0 Å². The van der Waals surface area contributed by atoms with Crippen LogP contribution in [-0.4, -0.2) is 99.1 Å². The lowest BCUT2D eigenvalue weighted by atomic mass is 10.0. The molecule has 1 aliphatic heterocycles. The van der Waals surface area contributed by atoms with Gasteiger partial charge in [0.25, 0.3) is 0 Å². The number of hydrogen-bond acceptors (Lipinski definition) is 12. The Morgan fingerprint density at radius 1 is 1.29 bits per heavy atom.